The molecule has 0 saturated carbocycles. The second-order valence-electron chi connectivity index (χ2n) is 4.49. The van der Waals surface area contributed by atoms with E-state index < -0.39 is 0 Å². The molecule has 2 nitrogen and oxygen atoms in total. The Morgan fingerprint density at radius 3 is 2.44 bits per heavy atom. The van der Waals surface area contributed by atoms with E-state index in [1.54, 1.807) is 0 Å². The Labute approximate surface area is 97.5 Å². The number of hydrogen-bond donors (Lipinski definition) is 1. The number of rotatable bonds is 6. The van der Waals surface area contributed by atoms with Crippen LogP contribution in [0.4, 0.5) is 4.39 Å². The van der Waals surface area contributed by atoms with Crippen molar-refractivity contribution < 1.29 is 4.39 Å². The molecule has 1 aromatic rings. The molecule has 0 radical (unpaired) electrons. The summed E-state index contributed by atoms with van der Waals surface area (Å²) in [7, 11) is 4.12. The summed E-state index contributed by atoms with van der Waals surface area (Å²) in [5.74, 6) is -0.169. The summed E-state index contributed by atoms with van der Waals surface area (Å²) in [5, 5.41) is 3.44. The predicted octanol–water partition coefficient (Wildman–Crippen LogP) is 1.91. The van der Waals surface area contributed by atoms with E-state index in [2.05, 4.69) is 31.2 Å². The fourth-order valence-corrected chi connectivity index (χ4v) is 1.58. The van der Waals surface area contributed by atoms with Crippen molar-refractivity contribution in [3.63, 3.8) is 0 Å². The Morgan fingerprint density at radius 2 is 1.88 bits per heavy atom. The third-order valence-electron chi connectivity index (χ3n) is 2.51. The minimum absolute atomic E-state index is 0.169. The maximum atomic E-state index is 12.7. The highest BCUT2D eigenvalue weighted by molar-refractivity contribution is 5.16. The zero-order chi connectivity index (χ0) is 12.0. The summed E-state index contributed by atoms with van der Waals surface area (Å²) >= 11 is 0. The van der Waals surface area contributed by atoms with Crippen LogP contribution in [-0.2, 0) is 6.42 Å². The van der Waals surface area contributed by atoms with Gasteiger partial charge < -0.3 is 10.2 Å². The van der Waals surface area contributed by atoms with Crippen molar-refractivity contribution in [3.8, 4) is 0 Å². The van der Waals surface area contributed by atoms with E-state index in [4.69, 9.17) is 0 Å². The van der Waals surface area contributed by atoms with Crippen LogP contribution in [0.5, 0.6) is 0 Å². The van der Waals surface area contributed by atoms with Crippen LogP contribution < -0.4 is 5.32 Å². The Balaban J connectivity index is 2.28. The van der Waals surface area contributed by atoms with Gasteiger partial charge in [-0.25, -0.2) is 4.39 Å². The first kappa shape index (κ1) is 13.1. The highest BCUT2D eigenvalue weighted by atomic mass is 19.1. The van der Waals surface area contributed by atoms with Gasteiger partial charge in [-0.1, -0.05) is 12.1 Å². The second-order valence-corrected chi connectivity index (χ2v) is 4.49. The van der Waals surface area contributed by atoms with Gasteiger partial charge in [0.2, 0.25) is 0 Å². The lowest BCUT2D eigenvalue weighted by Crippen LogP contribution is -2.34. The third-order valence-corrected chi connectivity index (χ3v) is 2.51. The van der Waals surface area contributed by atoms with Crippen molar-refractivity contribution in [1.29, 1.82) is 0 Å². The molecular formula is C13H21FN2. The van der Waals surface area contributed by atoms with Gasteiger partial charge in [0.25, 0.3) is 0 Å². The zero-order valence-electron chi connectivity index (χ0n) is 10.3. The normalized spacial score (nSPS) is 13.1. The number of halogens is 1. The van der Waals surface area contributed by atoms with Gasteiger partial charge in [0.05, 0.1) is 0 Å². The predicted molar refractivity (Wildman–Crippen MR) is 66.1 cm³/mol. The fraction of sp³-hybridized carbons (Fsp3) is 0.538. The molecule has 90 valence electrons. The van der Waals surface area contributed by atoms with E-state index in [0.29, 0.717) is 6.04 Å². The summed E-state index contributed by atoms with van der Waals surface area (Å²) in [5.41, 5.74) is 1.17. The molecule has 0 aliphatic heterocycles. The molecule has 0 aliphatic rings. The van der Waals surface area contributed by atoms with E-state index in [1.807, 2.05) is 12.1 Å². The van der Waals surface area contributed by atoms with Crippen LogP contribution in [0.15, 0.2) is 24.3 Å². The summed E-state index contributed by atoms with van der Waals surface area (Å²) in [6.45, 7) is 4.17. The van der Waals surface area contributed by atoms with E-state index in [1.165, 1.54) is 17.7 Å². The van der Waals surface area contributed by atoms with Gasteiger partial charge in [-0.05, 0) is 45.1 Å². The summed E-state index contributed by atoms with van der Waals surface area (Å²) < 4.78 is 12.7. The highest BCUT2D eigenvalue weighted by Crippen LogP contribution is 2.05. The van der Waals surface area contributed by atoms with Gasteiger partial charge >= 0.3 is 0 Å². The van der Waals surface area contributed by atoms with Crippen LogP contribution in [0.3, 0.4) is 0 Å². The molecule has 1 atom stereocenters. The SMILES string of the molecule is CC(Cc1ccc(F)cc1)NCCN(C)C. The first-order valence-electron chi connectivity index (χ1n) is 5.70. The molecule has 1 N–H and O–H groups in total. The molecule has 0 bridgehead atoms. The molecule has 0 aliphatic carbocycles. The average molecular weight is 224 g/mol. The Hall–Kier alpha value is -0.930. The maximum Gasteiger partial charge on any atom is 0.123 e. The number of nitrogens with zero attached hydrogens (tertiary/aromatic N) is 1. The zero-order valence-corrected chi connectivity index (χ0v) is 10.3. The molecule has 0 heterocycles. The van der Waals surface area contributed by atoms with Gasteiger partial charge in [0, 0.05) is 19.1 Å². The molecule has 0 saturated heterocycles. The second kappa shape index (κ2) is 6.61. The average Bonchev–Trinajstić information content (AvgIpc) is 2.21. The molecule has 1 aromatic carbocycles. The van der Waals surface area contributed by atoms with Gasteiger partial charge in [-0.2, -0.15) is 0 Å². The highest BCUT2D eigenvalue weighted by Gasteiger charge is 2.03. The van der Waals surface area contributed by atoms with Crippen molar-refractivity contribution in [2.75, 3.05) is 27.2 Å². The summed E-state index contributed by atoms with van der Waals surface area (Å²) in [6.07, 6.45) is 0.938. The lowest BCUT2D eigenvalue weighted by Gasteiger charge is -2.16. The van der Waals surface area contributed by atoms with Crippen molar-refractivity contribution in [1.82, 2.24) is 10.2 Å². The molecule has 16 heavy (non-hydrogen) atoms. The first-order valence-corrected chi connectivity index (χ1v) is 5.70. The minimum Gasteiger partial charge on any atom is -0.313 e. The monoisotopic (exact) mass is 224 g/mol. The summed E-state index contributed by atoms with van der Waals surface area (Å²) in [6, 6.07) is 7.15. The first-order chi connectivity index (χ1) is 7.58. The molecular weight excluding hydrogens is 203 g/mol. The molecule has 0 aromatic heterocycles. The largest absolute Gasteiger partial charge is 0.313 e. The molecule has 3 heteroatoms. The van der Waals surface area contributed by atoms with Crippen molar-refractivity contribution in [2.24, 2.45) is 0 Å². The topological polar surface area (TPSA) is 15.3 Å². The fourth-order valence-electron chi connectivity index (χ4n) is 1.58. The number of likely N-dealkylation sites (N-methyl/N-ethyl adjacent to an activating group) is 1. The van der Waals surface area contributed by atoms with Gasteiger partial charge in [0.15, 0.2) is 0 Å². The lowest BCUT2D eigenvalue weighted by molar-refractivity contribution is 0.387. The van der Waals surface area contributed by atoms with Crippen LogP contribution in [0.25, 0.3) is 0 Å². The molecule has 1 rings (SSSR count). The van der Waals surface area contributed by atoms with E-state index in [0.717, 1.165) is 19.5 Å². The molecule has 0 amide bonds. The van der Waals surface area contributed by atoms with Gasteiger partial charge in [0.1, 0.15) is 5.82 Å². The van der Waals surface area contributed by atoms with Crippen LogP contribution in [0.1, 0.15) is 12.5 Å². The van der Waals surface area contributed by atoms with Crippen LogP contribution >= 0.6 is 0 Å². The number of hydrogen-bond acceptors (Lipinski definition) is 2. The van der Waals surface area contributed by atoms with Gasteiger partial charge in [-0.15, -0.1) is 0 Å². The third kappa shape index (κ3) is 5.24. The number of nitrogens with one attached hydrogen (secondary N) is 1. The maximum absolute atomic E-state index is 12.7. The van der Waals surface area contributed by atoms with E-state index >= 15 is 0 Å². The molecule has 0 fully saturated rings. The molecule has 0 spiro atoms. The minimum atomic E-state index is -0.169. The Morgan fingerprint density at radius 1 is 1.25 bits per heavy atom. The Bertz CT molecular complexity index is 295. The van der Waals surface area contributed by atoms with Crippen LogP contribution in [0.2, 0.25) is 0 Å². The Kier molecular flexibility index (Phi) is 5.43. The van der Waals surface area contributed by atoms with Crippen LogP contribution in [-0.4, -0.2) is 38.1 Å². The van der Waals surface area contributed by atoms with Gasteiger partial charge in [-0.3, -0.25) is 0 Å². The standard InChI is InChI=1S/C13H21FN2/c1-11(15-8-9-16(2)3)10-12-4-6-13(14)7-5-12/h4-7,11,15H,8-10H2,1-3H3. The van der Waals surface area contributed by atoms with Crippen molar-refractivity contribution >= 4 is 0 Å². The number of benzene rings is 1. The van der Waals surface area contributed by atoms with Crippen LogP contribution in [0, 0.1) is 5.82 Å². The molecule has 1 unspecified atom stereocenters. The van der Waals surface area contributed by atoms with E-state index in [9.17, 15) is 4.39 Å². The quantitative estimate of drug-likeness (QED) is 0.794. The van der Waals surface area contributed by atoms with E-state index in [-0.39, 0.29) is 5.82 Å². The van der Waals surface area contributed by atoms with Crippen molar-refractivity contribution in [3.05, 3.63) is 35.6 Å². The lowest BCUT2D eigenvalue weighted by atomic mass is 10.1. The smallest absolute Gasteiger partial charge is 0.123 e. The van der Waals surface area contributed by atoms with Crippen molar-refractivity contribution in [2.45, 2.75) is 19.4 Å². The summed E-state index contributed by atoms with van der Waals surface area (Å²) in [4.78, 5) is 2.15.